The Bertz CT molecular complexity index is 869. The molecule has 2 heterocycles. The Morgan fingerprint density at radius 1 is 1.06 bits per heavy atom. The van der Waals surface area contributed by atoms with Crippen LogP contribution in [0, 0.1) is 5.92 Å². The summed E-state index contributed by atoms with van der Waals surface area (Å²) in [5, 5.41) is 23.0. The lowest BCUT2D eigenvalue weighted by Gasteiger charge is -2.28. The van der Waals surface area contributed by atoms with Crippen molar-refractivity contribution in [3.05, 3.63) is 18.0 Å². The number of nitrogens with one attached hydrogen (secondary N) is 1. The number of fused-ring (bicyclic) bond motifs is 1. The Hall–Kier alpha value is -1.87. The van der Waals surface area contributed by atoms with Gasteiger partial charge in [0.05, 0.1) is 12.5 Å². The number of aliphatic hydroxyl groups is 2. The summed E-state index contributed by atoms with van der Waals surface area (Å²) >= 11 is 0. The number of anilines is 1. The molecular formula is C22H31F3N4O2. The monoisotopic (exact) mass is 440 g/mol. The van der Waals surface area contributed by atoms with Crippen LogP contribution in [0.2, 0.25) is 0 Å². The van der Waals surface area contributed by atoms with Crippen LogP contribution in [0.15, 0.2) is 12.4 Å². The highest BCUT2D eigenvalue weighted by Crippen LogP contribution is 2.41. The Labute approximate surface area is 179 Å². The largest absolute Gasteiger partial charge is 0.396 e. The summed E-state index contributed by atoms with van der Waals surface area (Å²) in [4.78, 5) is 8.91. The SMILES string of the molecule is OCC1CCC(c2cn(C3CCC(O)CC3)c3nc(NCCC(F)(F)F)ncc23)CC1. The predicted molar refractivity (Wildman–Crippen MR) is 112 cm³/mol. The molecule has 2 saturated carbocycles. The third-order valence-electron chi connectivity index (χ3n) is 6.90. The maximum Gasteiger partial charge on any atom is 0.390 e. The summed E-state index contributed by atoms with van der Waals surface area (Å²) in [6.07, 6.45) is 5.63. The van der Waals surface area contributed by atoms with E-state index < -0.39 is 12.6 Å². The van der Waals surface area contributed by atoms with Gasteiger partial charge >= 0.3 is 6.18 Å². The van der Waals surface area contributed by atoms with Gasteiger partial charge in [0.15, 0.2) is 0 Å². The molecule has 2 aromatic heterocycles. The van der Waals surface area contributed by atoms with Crippen LogP contribution < -0.4 is 5.32 Å². The second kappa shape index (κ2) is 9.32. The molecule has 0 unspecified atom stereocenters. The minimum atomic E-state index is -4.22. The molecule has 6 nitrogen and oxygen atoms in total. The first kappa shape index (κ1) is 22.3. The van der Waals surface area contributed by atoms with Crippen LogP contribution in [0.3, 0.4) is 0 Å². The lowest BCUT2D eigenvalue weighted by molar-refractivity contribution is -0.131. The van der Waals surface area contributed by atoms with E-state index in [1.807, 2.05) is 0 Å². The molecule has 172 valence electrons. The molecule has 0 aliphatic heterocycles. The van der Waals surface area contributed by atoms with Crippen molar-refractivity contribution in [3.63, 3.8) is 0 Å². The number of rotatable bonds is 6. The molecule has 0 amide bonds. The van der Waals surface area contributed by atoms with Gasteiger partial charge in [0.1, 0.15) is 5.65 Å². The van der Waals surface area contributed by atoms with Crippen LogP contribution in [0.1, 0.15) is 75.3 Å². The predicted octanol–water partition coefficient (Wildman–Crippen LogP) is 4.54. The van der Waals surface area contributed by atoms with Gasteiger partial charge in [-0.05, 0) is 68.8 Å². The van der Waals surface area contributed by atoms with E-state index in [2.05, 4.69) is 26.0 Å². The highest BCUT2D eigenvalue weighted by Gasteiger charge is 2.29. The van der Waals surface area contributed by atoms with Gasteiger partial charge in [0.25, 0.3) is 0 Å². The highest BCUT2D eigenvalue weighted by atomic mass is 19.4. The van der Waals surface area contributed by atoms with Crippen molar-refractivity contribution >= 4 is 17.0 Å². The Balaban J connectivity index is 1.61. The molecule has 2 aliphatic rings. The summed E-state index contributed by atoms with van der Waals surface area (Å²) < 4.78 is 39.6. The maximum absolute atomic E-state index is 12.5. The molecule has 2 fully saturated rings. The fraction of sp³-hybridized carbons (Fsp3) is 0.727. The zero-order valence-corrected chi connectivity index (χ0v) is 17.6. The molecule has 2 aromatic rings. The van der Waals surface area contributed by atoms with E-state index in [0.717, 1.165) is 62.4 Å². The molecule has 0 bridgehead atoms. The van der Waals surface area contributed by atoms with Crippen molar-refractivity contribution in [2.24, 2.45) is 5.92 Å². The molecular weight excluding hydrogens is 409 g/mol. The van der Waals surface area contributed by atoms with E-state index in [1.54, 1.807) is 6.20 Å². The standard InChI is InChI=1S/C22H31F3N4O2/c23-22(24,25)9-10-26-21-27-11-18-19(15-3-1-14(13-30)2-4-15)12-29(20(18)28-21)16-5-7-17(31)8-6-16/h11-12,14-17,30-31H,1-10,13H2,(H,26,27,28). The molecule has 0 saturated heterocycles. The van der Waals surface area contributed by atoms with Crippen LogP contribution >= 0.6 is 0 Å². The summed E-state index contributed by atoms with van der Waals surface area (Å²) in [5.74, 6) is 0.945. The lowest BCUT2D eigenvalue weighted by atomic mass is 9.79. The molecule has 2 aliphatic carbocycles. The van der Waals surface area contributed by atoms with Gasteiger partial charge < -0.3 is 20.1 Å². The zero-order valence-electron chi connectivity index (χ0n) is 17.6. The minimum absolute atomic E-state index is 0.211. The van der Waals surface area contributed by atoms with E-state index in [4.69, 9.17) is 0 Å². The van der Waals surface area contributed by atoms with E-state index in [-0.39, 0.29) is 31.2 Å². The van der Waals surface area contributed by atoms with E-state index in [1.165, 1.54) is 5.56 Å². The molecule has 9 heteroatoms. The number of hydrogen-bond donors (Lipinski definition) is 3. The van der Waals surface area contributed by atoms with E-state index >= 15 is 0 Å². The lowest BCUT2D eigenvalue weighted by Crippen LogP contribution is -2.21. The van der Waals surface area contributed by atoms with Crippen LogP contribution in [-0.4, -0.2) is 50.2 Å². The Kier molecular flexibility index (Phi) is 6.71. The van der Waals surface area contributed by atoms with Gasteiger partial charge in [0.2, 0.25) is 5.95 Å². The number of aromatic nitrogens is 3. The van der Waals surface area contributed by atoms with Gasteiger partial charge in [-0.15, -0.1) is 0 Å². The zero-order chi connectivity index (χ0) is 22.0. The first-order valence-electron chi connectivity index (χ1n) is 11.3. The summed E-state index contributed by atoms with van der Waals surface area (Å²) in [6.45, 7) is -0.0295. The van der Waals surface area contributed by atoms with Gasteiger partial charge in [-0.25, -0.2) is 4.98 Å². The number of halogens is 3. The topological polar surface area (TPSA) is 83.2 Å². The molecule has 0 spiro atoms. The van der Waals surface area contributed by atoms with Crippen LogP contribution in [0.25, 0.3) is 11.0 Å². The van der Waals surface area contributed by atoms with Crippen molar-refractivity contribution in [2.75, 3.05) is 18.5 Å². The van der Waals surface area contributed by atoms with Crippen molar-refractivity contribution < 1.29 is 23.4 Å². The second-order valence-electron chi connectivity index (χ2n) is 9.08. The number of alkyl halides is 3. The van der Waals surface area contributed by atoms with Gasteiger partial charge in [-0.3, -0.25) is 0 Å². The van der Waals surface area contributed by atoms with Crippen molar-refractivity contribution in [3.8, 4) is 0 Å². The summed E-state index contributed by atoms with van der Waals surface area (Å²) in [7, 11) is 0. The second-order valence-corrected chi connectivity index (χ2v) is 9.08. The van der Waals surface area contributed by atoms with Gasteiger partial charge in [0, 0.05) is 37.0 Å². The van der Waals surface area contributed by atoms with Crippen molar-refractivity contribution in [2.45, 2.75) is 82.0 Å². The van der Waals surface area contributed by atoms with Crippen LogP contribution in [-0.2, 0) is 0 Å². The molecule has 4 rings (SSSR count). The maximum atomic E-state index is 12.5. The number of aliphatic hydroxyl groups excluding tert-OH is 2. The van der Waals surface area contributed by atoms with Gasteiger partial charge in [-0.1, -0.05) is 0 Å². The number of hydrogen-bond acceptors (Lipinski definition) is 5. The third-order valence-corrected chi connectivity index (χ3v) is 6.90. The van der Waals surface area contributed by atoms with Crippen molar-refractivity contribution in [1.82, 2.24) is 14.5 Å². The first-order chi connectivity index (χ1) is 14.8. The minimum Gasteiger partial charge on any atom is -0.396 e. The molecule has 31 heavy (non-hydrogen) atoms. The number of nitrogens with zero attached hydrogens (tertiary/aromatic N) is 3. The van der Waals surface area contributed by atoms with E-state index in [9.17, 15) is 23.4 Å². The third kappa shape index (κ3) is 5.31. The fourth-order valence-electron chi connectivity index (χ4n) is 5.05. The summed E-state index contributed by atoms with van der Waals surface area (Å²) in [5.41, 5.74) is 1.95. The summed E-state index contributed by atoms with van der Waals surface area (Å²) in [6, 6.07) is 0.214. The normalized spacial score (nSPS) is 27.5. The Morgan fingerprint density at radius 2 is 1.77 bits per heavy atom. The van der Waals surface area contributed by atoms with Crippen molar-refractivity contribution in [1.29, 1.82) is 0 Å². The first-order valence-corrected chi connectivity index (χ1v) is 11.3. The van der Waals surface area contributed by atoms with E-state index in [0.29, 0.717) is 11.8 Å². The quantitative estimate of drug-likeness (QED) is 0.614. The molecule has 0 atom stereocenters. The van der Waals surface area contributed by atoms with Crippen LogP contribution in [0.4, 0.5) is 19.1 Å². The highest BCUT2D eigenvalue weighted by molar-refractivity contribution is 5.81. The smallest absolute Gasteiger partial charge is 0.390 e. The van der Waals surface area contributed by atoms with Gasteiger partial charge in [-0.2, -0.15) is 18.2 Å². The molecule has 0 aromatic carbocycles. The average molecular weight is 441 g/mol. The van der Waals surface area contributed by atoms with Crippen LogP contribution in [0.5, 0.6) is 0 Å². The molecule has 3 N–H and O–H groups in total. The average Bonchev–Trinajstić information content (AvgIpc) is 3.12. The fourth-order valence-corrected chi connectivity index (χ4v) is 5.05. The Morgan fingerprint density at radius 3 is 2.42 bits per heavy atom. The molecule has 0 radical (unpaired) electrons.